The molecule has 4 heteroatoms. The second kappa shape index (κ2) is 6.73. The standard InChI is InChI=1S/C17H28N4/c1-14-3-7-20(8-4-14)13-16-11-18-17(19-12-16)21-9-5-15(2)6-10-21/h11-12,14-15H,3-10,13H2,1-2H3. The monoisotopic (exact) mass is 288 g/mol. The van der Waals surface area contributed by atoms with E-state index in [0.717, 1.165) is 37.4 Å². The topological polar surface area (TPSA) is 32.3 Å². The van der Waals surface area contributed by atoms with E-state index in [9.17, 15) is 0 Å². The molecule has 0 bridgehead atoms. The Morgan fingerprint density at radius 2 is 1.43 bits per heavy atom. The fourth-order valence-corrected chi connectivity index (χ4v) is 3.28. The molecule has 2 aliphatic rings. The van der Waals surface area contributed by atoms with E-state index >= 15 is 0 Å². The summed E-state index contributed by atoms with van der Waals surface area (Å²) in [5, 5.41) is 0. The van der Waals surface area contributed by atoms with E-state index in [2.05, 4.69) is 33.6 Å². The van der Waals surface area contributed by atoms with Crippen molar-refractivity contribution in [1.82, 2.24) is 14.9 Å². The van der Waals surface area contributed by atoms with Gasteiger partial charge in [0.05, 0.1) is 0 Å². The summed E-state index contributed by atoms with van der Waals surface area (Å²) in [6.07, 6.45) is 9.22. The maximum absolute atomic E-state index is 4.60. The van der Waals surface area contributed by atoms with Crippen LogP contribution in [0, 0.1) is 11.8 Å². The van der Waals surface area contributed by atoms with Crippen LogP contribution in [0.2, 0.25) is 0 Å². The van der Waals surface area contributed by atoms with Gasteiger partial charge in [0.15, 0.2) is 0 Å². The average Bonchev–Trinajstić information content (AvgIpc) is 2.51. The Balaban J connectivity index is 1.54. The summed E-state index contributed by atoms with van der Waals surface area (Å²) < 4.78 is 0. The van der Waals surface area contributed by atoms with Crippen LogP contribution in [0.25, 0.3) is 0 Å². The highest BCUT2D eigenvalue weighted by Gasteiger charge is 2.19. The number of rotatable bonds is 3. The molecular weight excluding hydrogens is 260 g/mol. The largest absolute Gasteiger partial charge is 0.341 e. The molecule has 0 unspecified atom stereocenters. The van der Waals surface area contributed by atoms with Crippen molar-refractivity contribution in [3.8, 4) is 0 Å². The van der Waals surface area contributed by atoms with Gasteiger partial charge in [0.2, 0.25) is 5.95 Å². The molecule has 116 valence electrons. The third-order valence-electron chi connectivity index (χ3n) is 5.04. The van der Waals surface area contributed by atoms with Crippen molar-refractivity contribution in [2.24, 2.45) is 11.8 Å². The minimum atomic E-state index is 0.849. The zero-order valence-corrected chi connectivity index (χ0v) is 13.5. The molecule has 0 N–H and O–H groups in total. The Hall–Kier alpha value is -1.16. The predicted octanol–water partition coefficient (Wildman–Crippen LogP) is 2.94. The van der Waals surface area contributed by atoms with Crippen molar-refractivity contribution in [2.75, 3.05) is 31.1 Å². The lowest BCUT2D eigenvalue weighted by molar-refractivity contribution is 0.185. The zero-order chi connectivity index (χ0) is 14.7. The number of likely N-dealkylation sites (tertiary alicyclic amines) is 1. The zero-order valence-electron chi connectivity index (χ0n) is 13.5. The Labute approximate surface area is 128 Å². The van der Waals surface area contributed by atoms with E-state index in [0.29, 0.717) is 0 Å². The molecular formula is C17H28N4. The van der Waals surface area contributed by atoms with Crippen LogP contribution in [0.5, 0.6) is 0 Å². The summed E-state index contributed by atoms with van der Waals surface area (Å²) in [6, 6.07) is 0. The highest BCUT2D eigenvalue weighted by Crippen LogP contribution is 2.21. The van der Waals surface area contributed by atoms with Gasteiger partial charge in [-0.1, -0.05) is 13.8 Å². The fraction of sp³-hybridized carbons (Fsp3) is 0.765. The second-order valence-corrected chi connectivity index (χ2v) is 7.02. The molecule has 0 aromatic carbocycles. The van der Waals surface area contributed by atoms with Crippen LogP contribution >= 0.6 is 0 Å². The minimum Gasteiger partial charge on any atom is -0.341 e. The van der Waals surface area contributed by atoms with Gasteiger partial charge >= 0.3 is 0 Å². The molecule has 1 aromatic heterocycles. The lowest BCUT2D eigenvalue weighted by Crippen LogP contribution is -2.34. The summed E-state index contributed by atoms with van der Waals surface area (Å²) >= 11 is 0. The van der Waals surface area contributed by atoms with Crippen molar-refractivity contribution in [2.45, 2.75) is 46.1 Å². The molecule has 0 saturated carbocycles. The first-order chi connectivity index (χ1) is 10.2. The van der Waals surface area contributed by atoms with E-state index in [1.54, 1.807) is 0 Å². The fourth-order valence-electron chi connectivity index (χ4n) is 3.28. The molecule has 4 nitrogen and oxygen atoms in total. The van der Waals surface area contributed by atoms with Gasteiger partial charge in [0.1, 0.15) is 0 Å². The highest BCUT2D eigenvalue weighted by atomic mass is 15.2. The van der Waals surface area contributed by atoms with Crippen molar-refractivity contribution < 1.29 is 0 Å². The Bertz CT molecular complexity index is 429. The lowest BCUT2D eigenvalue weighted by atomic mass is 9.99. The van der Waals surface area contributed by atoms with Crippen LogP contribution in [0.1, 0.15) is 45.1 Å². The number of hydrogen-bond donors (Lipinski definition) is 0. The summed E-state index contributed by atoms with van der Waals surface area (Å²) in [6.45, 7) is 10.3. The van der Waals surface area contributed by atoms with Crippen molar-refractivity contribution in [3.05, 3.63) is 18.0 Å². The molecule has 0 radical (unpaired) electrons. The van der Waals surface area contributed by atoms with E-state index in [1.165, 1.54) is 44.3 Å². The average molecular weight is 288 g/mol. The van der Waals surface area contributed by atoms with Crippen LogP contribution < -0.4 is 4.90 Å². The number of anilines is 1. The van der Waals surface area contributed by atoms with Gasteiger partial charge < -0.3 is 4.90 Å². The highest BCUT2D eigenvalue weighted by molar-refractivity contribution is 5.30. The Morgan fingerprint density at radius 3 is 2.00 bits per heavy atom. The maximum atomic E-state index is 4.60. The number of piperidine rings is 2. The smallest absolute Gasteiger partial charge is 0.225 e. The first-order valence-electron chi connectivity index (χ1n) is 8.49. The minimum absolute atomic E-state index is 0.849. The van der Waals surface area contributed by atoms with E-state index in [1.807, 2.05) is 12.4 Å². The molecule has 0 atom stereocenters. The molecule has 21 heavy (non-hydrogen) atoms. The predicted molar refractivity (Wildman–Crippen MR) is 86.3 cm³/mol. The lowest BCUT2D eigenvalue weighted by Gasteiger charge is -2.31. The van der Waals surface area contributed by atoms with Crippen LogP contribution in [-0.2, 0) is 6.54 Å². The number of hydrogen-bond acceptors (Lipinski definition) is 4. The first kappa shape index (κ1) is 14.8. The van der Waals surface area contributed by atoms with Crippen LogP contribution in [0.4, 0.5) is 5.95 Å². The van der Waals surface area contributed by atoms with Crippen molar-refractivity contribution in [3.63, 3.8) is 0 Å². The molecule has 3 rings (SSSR count). The van der Waals surface area contributed by atoms with Gasteiger partial charge in [0.25, 0.3) is 0 Å². The quantitative estimate of drug-likeness (QED) is 0.856. The summed E-state index contributed by atoms with van der Waals surface area (Å²) in [5.41, 5.74) is 1.25. The van der Waals surface area contributed by atoms with Gasteiger partial charge in [-0.2, -0.15) is 0 Å². The third kappa shape index (κ3) is 3.94. The molecule has 0 aliphatic carbocycles. The van der Waals surface area contributed by atoms with Gasteiger partial charge in [-0.05, 0) is 50.6 Å². The van der Waals surface area contributed by atoms with E-state index in [4.69, 9.17) is 0 Å². The number of aromatic nitrogens is 2. The SMILES string of the molecule is CC1CCN(Cc2cnc(N3CCC(C)CC3)nc2)CC1. The molecule has 0 spiro atoms. The van der Waals surface area contributed by atoms with Crippen LogP contribution in [0.3, 0.4) is 0 Å². The summed E-state index contributed by atoms with van der Waals surface area (Å²) in [4.78, 5) is 14.0. The van der Waals surface area contributed by atoms with Crippen LogP contribution in [0.15, 0.2) is 12.4 Å². The van der Waals surface area contributed by atoms with Crippen molar-refractivity contribution in [1.29, 1.82) is 0 Å². The Morgan fingerprint density at radius 1 is 0.905 bits per heavy atom. The number of nitrogens with zero attached hydrogens (tertiary/aromatic N) is 4. The van der Waals surface area contributed by atoms with Crippen LogP contribution in [-0.4, -0.2) is 41.0 Å². The van der Waals surface area contributed by atoms with E-state index in [-0.39, 0.29) is 0 Å². The summed E-state index contributed by atoms with van der Waals surface area (Å²) in [7, 11) is 0. The molecule has 2 saturated heterocycles. The van der Waals surface area contributed by atoms with Gasteiger partial charge in [0, 0.05) is 37.6 Å². The second-order valence-electron chi connectivity index (χ2n) is 7.02. The molecule has 2 aliphatic heterocycles. The molecule has 1 aromatic rings. The Kier molecular flexibility index (Phi) is 4.73. The van der Waals surface area contributed by atoms with Crippen molar-refractivity contribution >= 4 is 5.95 Å². The van der Waals surface area contributed by atoms with Gasteiger partial charge in [-0.25, -0.2) is 9.97 Å². The molecule has 3 heterocycles. The van der Waals surface area contributed by atoms with Gasteiger partial charge in [-0.3, -0.25) is 4.90 Å². The molecule has 0 amide bonds. The maximum Gasteiger partial charge on any atom is 0.225 e. The molecule has 2 fully saturated rings. The summed E-state index contributed by atoms with van der Waals surface area (Å²) in [5.74, 6) is 2.65. The van der Waals surface area contributed by atoms with Gasteiger partial charge in [-0.15, -0.1) is 0 Å². The normalized spacial score (nSPS) is 22.7. The van der Waals surface area contributed by atoms with E-state index < -0.39 is 0 Å². The third-order valence-corrected chi connectivity index (χ3v) is 5.04. The first-order valence-corrected chi connectivity index (χ1v) is 8.49.